The Labute approximate surface area is 200 Å². The zero-order valence-electron chi connectivity index (χ0n) is 19.7. The molecule has 0 bridgehead atoms. The van der Waals surface area contributed by atoms with Gasteiger partial charge in [0.15, 0.2) is 0 Å². The largest absolute Gasteiger partial charge is 0.490 e. The van der Waals surface area contributed by atoms with Crippen LogP contribution in [-0.4, -0.2) is 37.2 Å². The molecule has 0 radical (unpaired) electrons. The second-order valence-electron chi connectivity index (χ2n) is 7.71. The van der Waals surface area contributed by atoms with Gasteiger partial charge in [0.25, 0.3) is 0 Å². The topological polar surface area (TPSA) is 88.1 Å². The molecule has 0 spiro atoms. The van der Waals surface area contributed by atoms with Crippen molar-refractivity contribution in [3.63, 3.8) is 0 Å². The summed E-state index contributed by atoms with van der Waals surface area (Å²) in [7, 11) is 0. The lowest BCUT2D eigenvalue weighted by atomic mass is 10.0. The number of hydrogen-bond acceptors (Lipinski definition) is 7. The highest BCUT2D eigenvalue weighted by molar-refractivity contribution is 5.90. The van der Waals surface area contributed by atoms with Crippen LogP contribution < -0.4 is 4.74 Å². The lowest BCUT2D eigenvalue weighted by Crippen LogP contribution is -2.17. The molecule has 0 fully saturated rings. The van der Waals surface area contributed by atoms with E-state index in [4.69, 9.17) is 18.9 Å². The standard InChI is InChI=1S/C27H30O7/c1-5-25(28)32-16-15-31-24-13-11-23(12-14-24)27(30)34-21(4)18-19(2)17-20(3)33-26(29)22-9-7-6-8-10-22/h5-14,18-20H,1,15-17H2,2-4H3/b21-18+. The molecular weight excluding hydrogens is 436 g/mol. The molecule has 7 heteroatoms. The van der Waals surface area contributed by atoms with Gasteiger partial charge in [-0.1, -0.05) is 31.7 Å². The summed E-state index contributed by atoms with van der Waals surface area (Å²) in [6.45, 7) is 9.09. The van der Waals surface area contributed by atoms with Gasteiger partial charge in [0.1, 0.15) is 24.7 Å². The van der Waals surface area contributed by atoms with Crippen LogP contribution in [0.4, 0.5) is 0 Å². The Bertz CT molecular complexity index is 993. The van der Waals surface area contributed by atoms with Gasteiger partial charge in [0, 0.05) is 6.08 Å². The summed E-state index contributed by atoms with van der Waals surface area (Å²) in [6, 6.07) is 15.3. The van der Waals surface area contributed by atoms with E-state index in [1.165, 1.54) is 0 Å². The Balaban J connectivity index is 1.78. The molecule has 2 atom stereocenters. The van der Waals surface area contributed by atoms with E-state index in [0.717, 1.165) is 6.08 Å². The van der Waals surface area contributed by atoms with Crippen LogP contribution in [0.25, 0.3) is 0 Å². The highest BCUT2D eigenvalue weighted by Gasteiger charge is 2.15. The molecule has 0 amide bonds. The van der Waals surface area contributed by atoms with Crippen molar-refractivity contribution in [2.75, 3.05) is 13.2 Å². The Morgan fingerprint density at radius 3 is 2.21 bits per heavy atom. The van der Waals surface area contributed by atoms with Gasteiger partial charge in [-0.05, 0) is 68.7 Å². The zero-order chi connectivity index (χ0) is 24.9. The van der Waals surface area contributed by atoms with Crippen molar-refractivity contribution in [2.45, 2.75) is 33.3 Å². The van der Waals surface area contributed by atoms with E-state index in [0.29, 0.717) is 29.1 Å². The fourth-order valence-corrected chi connectivity index (χ4v) is 3.15. The third-order valence-electron chi connectivity index (χ3n) is 4.65. The van der Waals surface area contributed by atoms with E-state index in [-0.39, 0.29) is 31.2 Å². The lowest BCUT2D eigenvalue weighted by Gasteiger charge is -2.16. The first-order chi connectivity index (χ1) is 16.3. The first kappa shape index (κ1) is 26.4. The number of hydrogen-bond donors (Lipinski definition) is 0. The first-order valence-electron chi connectivity index (χ1n) is 11.0. The monoisotopic (exact) mass is 466 g/mol. The molecule has 0 aromatic heterocycles. The van der Waals surface area contributed by atoms with E-state index >= 15 is 0 Å². The number of benzene rings is 2. The fourth-order valence-electron chi connectivity index (χ4n) is 3.15. The van der Waals surface area contributed by atoms with Crippen molar-refractivity contribution in [2.24, 2.45) is 5.92 Å². The van der Waals surface area contributed by atoms with Gasteiger partial charge < -0.3 is 18.9 Å². The van der Waals surface area contributed by atoms with E-state index in [1.807, 2.05) is 26.0 Å². The van der Waals surface area contributed by atoms with Crippen LogP contribution >= 0.6 is 0 Å². The molecule has 0 saturated carbocycles. The number of carbonyl (C=O) groups excluding carboxylic acids is 3. The van der Waals surface area contributed by atoms with Crippen molar-refractivity contribution in [3.05, 3.63) is 90.2 Å². The average molecular weight is 467 g/mol. The third-order valence-corrected chi connectivity index (χ3v) is 4.65. The summed E-state index contributed by atoms with van der Waals surface area (Å²) >= 11 is 0. The summed E-state index contributed by atoms with van der Waals surface area (Å²) in [4.78, 5) is 35.5. The van der Waals surface area contributed by atoms with Gasteiger partial charge in [-0.2, -0.15) is 0 Å². The van der Waals surface area contributed by atoms with E-state index in [9.17, 15) is 14.4 Å². The van der Waals surface area contributed by atoms with Crippen LogP contribution in [0.15, 0.2) is 79.1 Å². The normalized spacial score (nSPS) is 12.7. The van der Waals surface area contributed by atoms with Crippen LogP contribution in [0.1, 0.15) is 47.9 Å². The molecule has 34 heavy (non-hydrogen) atoms. The van der Waals surface area contributed by atoms with Crippen LogP contribution in [0.5, 0.6) is 5.75 Å². The van der Waals surface area contributed by atoms with Crippen LogP contribution in [0.3, 0.4) is 0 Å². The van der Waals surface area contributed by atoms with Gasteiger partial charge in [-0.15, -0.1) is 0 Å². The summed E-state index contributed by atoms with van der Waals surface area (Å²) in [5.41, 5.74) is 0.881. The number of esters is 3. The molecule has 0 heterocycles. The lowest BCUT2D eigenvalue weighted by molar-refractivity contribution is -0.138. The van der Waals surface area contributed by atoms with Gasteiger partial charge in [-0.3, -0.25) is 0 Å². The molecule has 2 rings (SSSR count). The molecule has 2 aromatic carbocycles. The molecule has 7 nitrogen and oxygen atoms in total. The maximum atomic E-state index is 12.4. The minimum absolute atomic E-state index is 0.0253. The molecule has 0 aliphatic heterocycles. The molecular formula is C27H30O7. The third kappa shape index (κ3) is 9.32. The van der Waals surface area contributed by atoms with Crippen molar-refractivity contribution >= 4 is 17.9 Å². The van der Waals surface area contributed by atoms with Gasteiger partial charge in [0.05, 0.1) is 17.2 Å². The van der Waals surface area contributed by atoms with E-state index in [2.05, 4.69) is 6.58 Å². The Kier molecular flexibility index (Phi) is 10.6. The van der Waals surface area contributed by atoms with Gasteiger partial charge in [0.2, 0.25) is 0 Å². The molecule has 0 N–H and O–H groups in total. The number of allylic oxidation sites excluding steroid dienone is 2. The maximum absolute atomic E-state index is 12.4. The summed E-state index contributed by atoms with van der Waals surface area (Å²) < 4.78 is 21.2. The van der Waals surface area contributed by atoms with Crippen molar-refractivity contribution in [3.8, 4) is 5.75 Å². The smallest absolute Gasteiger partial charge is 0.343 e. The first-order valence-corrected chi connectivity index (χ1v) is 11.0. The second kappa shape index (κ2) is 13.6. The Morgan fingerprint density at radius 1 is 0.912 bits per heavy atom. The number of ether oxygens (including phenoxy) is 4. The number of rotatable bonds is 12. The predicted molar refractivity (Wildman–Crippen MR) is 127 cm³/mol. The molecule has 180 valence electrons. The van der Waals surface area contributed by atoms with Crippen LogP contribution in [0, 0.1) is 5.92 Å². The van der Waals surface area contributed by atoms with Gasteiger partial charge >= 0.3 is 17.9 Å². The molecule has 0 aliphatic carbocycles. The second-order valence-corrected chi connectivity index (χ2v) is 7.71. The maximum Gasteiger partial charge on any atom is 0.343 e. The Morgan fingerprint density at radius 2 is 1.56 bits per heavy atom. The number of carbonyl (C=O) groups is 3. The van der Waals surface area contributed by atoms with Crippen LogP contribution in [-0.2, 0) is 19.0 Å². The highest BCUT2D eigenvalue weighted by atomic mass is 16.6. The van der Waals surface area contributed by atoms with Crippen LogP contribution in [0.2, 0.25) is 0 Å². The minimum Gasteiger partial charge on any atom is -0.490 e. The van der Waals surface area contributed by atoms with Gasteiger partial charge in [-0.25, -0.2) is 14.4 Å². The van der Waals surface area contributed by atoms with Crippen molar-refractivity contribution in [1.29, 1.82) is 0 Å². The minimum atomic E-state index is -0.512. The Hall–Kier alpha value is -3.87. The summed E-state index contributed by atoms with van der Waals surface area (Å²) in [5, 5.41) is 0. The van der Waals surface area contributed by atoms with E-state index < -0.39 is 11.9 Å². The average Bonchev–Trinajstić information content (AvgIpc) is 2.82. The highest BCUT2D eigenvalue weighted by Crippen LogP contribution is 2.17. The van der Waals surface area contributed by atoms with E-state index in [1.54, 1.807) is 55.5 Å². The molecule has 2 unspecified atom stereocenters. The molecule has 0 aliphatic rings. The summed E-state index contributed by atoms with van der Waals surface area (Å²) in [5.74, 6) is -0.345. The summed E-state index contributed by atoms with van der Waals surface area (Å²) in [6.07, 6.45) is 3.20. The molecule has 0 saturated heterocycles. The molecule has 2 aromatic rings. The predicted octanol–water partition coefficient (Wildman–Crippen LogP) is 5.13. The van der Waals surface area contributed by atoms with Crippen molar-refractivity contribution in [1.82, 2.24) is 0 Å². The quantitative estimate of drug-likeness (QED) is 0.141. The SMILES string of the molecule is C=CC(=O)OCCOc1ccc(C(=O)O/C(C)=C/C(C)CC(C)OC(=O)c2ccccc2)cc1. The zero-order valence-corrected chi connectivity index (χ0v) is 19.7. The fraction of sp³-hybridized carbons (Fsp3) is 0.296. The van der Waals surface area contributed by atoms with Crippen molar-refractivity contribution < 1.29 is 33.3 Å².